The van der Waals surface area contributed by atoms with Crippen molar-refractivity contribution in [2.75, 3.05) is 0 Å². The van der Waals surface area contributed by atoms with Gasteiger partial charge in [-0.2, -0.15) is 0 Å². The third-order valence-corrected chi connectivity index (χ3v) is 5.28. The molecule has 4 rings (SSSR count). The number of rotatable bonds is 7. The van der Waals surface area contributed by atoms with Crippen LogP contribution in [-0.2, 0) is 12.8 Å². The summed E-state index contributed by atoms with van der Waals surface area (Å²) in [6.07, 6.45) is 5.20. The Balaban J connectivity index is 1.77. The molecule has 1 aromatic heterocycles. The van der Waals surface area contributed by atoms with Crippen LogP contribution in [0.1, 0.15) is 48.4 Å². The van der Waals surface area contributed by atoms with Gasteiger partial charge in [-0.25, -0.2) is 0 Å². The summed E-state index contributed by atoms with van der Waals surface area (Å²) < 4.78 is 0. The van der Waals surface area contributed by atoms with Gasteiger partial charge in [0.25, 0.3) is 0 Å². The topological polar surface area (TPSA) is 50.9 Å². The first kappa shape index (κ1) is 19.2. The third-order valence-electron chi connectivity index (χ3n) is 5.28. The van der Waals surface area contributed by atoms with Gasteiger partial charge in [-0.05, 0) is 49.1 Å². The highest BCUT2D eigenvalue weighted by molar-refractivity contribution is 5.73. The minimum absolute atomic E-state index is 0.256. The molecule has 4 aromatic rings. The van der Waals surface area contributed by atoms with Gasteiger partial charge in [0, 0.05) is 12.0 Å². The molecule has 0 atom stereocenters. The molecule has 0 spiro atoms. The molecule has 1 N–H and O–H groups in total. The zero-order valence-corrected chi connectivity index (χ0v) is 17.1. The van der Waals surface area contributed by atoms with E-state index in [-0.39, 0.29) is 5.75 Å². The third kappa shape index (κ3) is 4.32. The first-order valence-corrected chi connectivity index (χ1v) is 10.4. The molecule has 0 radical (unpaired) electrons. The van der Waals surface area contributed by atoms with E-state index in [1.165, 1.54) is 29.5 Å². The van der Waals surface area contributed by atoms with Crippen molar-refractivity contribution >= 4 is 11.0 Å². The molecule has 148 valence electrons. The van der Waals surface area contributed by atoms with Crippen LogP contribution in [-0.4, -0.2) is 20.1 Å². The zero-order chi connectivity index (χ0) is 20.2. The largest absolute Gasteiger partial charge is 0.505 e. The molecule has 29 heavy (non-hydrogen) atoms. The number of fused-ring (bicyclic) bond motifs is 1. The molecule has 0 saturated carbocycles. The predicted molar refractivity (Wildman–Crippen MR) is 118 cm³/mol. The van der Waals surface area contributed by atoms with Gasteiger partial charge in [-0.15, -0.1) is 15.0 Å². The van der Waals surface area contributed by atoms with Gasteiger partial charge in [0.05, 0.1) is 0 Å². The first-order chi connectivity index (χ1) is 14.1. The van der Waals surface area contributed by atoms with Crippen molar-refractivity contribution in [2.45, 2.75) is 46.0 Å². The summed E-state index contributed by atoms with van der Waals surface area (Å²) in [5, 5.41) is 20.3. The molecule has 0 fully saturated rings. The molecule has 3 aromatic carbocycles. The molecule has 4 heteroatoms. The maximum atomic E-state index is 11.1. The van der Waals surface area contributed by atoms with E-state index in [1.54, 1.807) is 4.80 Å². The molecule has 0 aliphatic heterocycles. The number of aromatic hydroxyl groups is 1. The average Bonchev–Trinajstić information content (AvgIpc) is 3.14. The zero-order valence-electron chi connectivity index (χ0n) is 17.1. The van der Waals surface area contributed by atoms with Crippen LogP contribution in [0.25, 0.3) is 16.7 Å². The monoisotopic (exact) mass is 385 g/mol. The number of hydrogen-bond acceptors (Lipinski definition) is 3. The number of aryl methyl sites for hydroxylation is 2. The SMILES string of the molecule is CCCCCc1cc(Cc2cccc(C)c2)c(O)c(-n2nc3ccccc3n2)c1. The number of aromatic nitrogens is 3. The molecule has 0 amide bonds. The Morgan fingerprint density at radius 3 is 2.31 bits per heavy atom. The fourth-order valence-electron chi connectivity index (χ4n) is 3.76. The van der Waals surface area contributed by atoms with Gasteiger partial charge < -0.3 is 5.11 Å². The predicted octanol–water partition coefficient (Wildman–Crippen LogP) is 5.76. The van der Waals surface area contributed by atoms with Gasteiger partial charge in [0.2, 0.25) is 0 Å². The van der Waals surface area contributed by atoms with Crippen LogP contribution in [0.3, 0.4) is 0 Å². The number of unbranched alkanes of at least 4 members (excludes halogenated alkanes) is 2. The fourth-order valence-corrected chi connectivity index (χ4v) is 3.76. The van der Waals surface area contributed by atoms with Crippen molar-refractivity contribution in [1.29, 1.82) is 0 Å². The molecule has 0 bridgehead atoms. The van der Waals surface area contributed by atoms with E-state index in [2.05, 4.69) is 54.4 Å². The molecule has 4 nitrogen and oxygen atoms in total. The van der Waals surface area contributed by atoms with Crippen LogP contribution in [0.5, 0.6) is 5.75 Å². The minimum Gasteiger partial charge on any atom is -0.505 e. The number of nitrogens with zero attached hydrogens (tertiary/aromatic N) is 3. The molecule has 0 unspecified atom stereocenters. The van der Waals surface area contributed by atoms with Crippen molar-refractivity contribution in [3.63, 3.8) is 0 Å². The number of hydrogen-bond donors (Lipinski definition) is 1. The normalized spacial score (nSPS) is 11.2. The highest BCUT2D eigenvalue weighted by Gasteiger charge is 2.15. The van der Waals surface area contributed by atoms with Crippen molar-refractivity contribution in [3.05, 3.63) is 82.9 Å². The van der Waals surface area contributed by atoms with Gasteiger partial charge in [0.15, 0.2) is 0 Å². The highest BCUT2D eigenvalue weighted by atomic mass is 16.3. The lowest BCUT2D eigenvalue weighted by atomic mass is 9.97. The second kappa shape index (κ2) is 8.48. The Labute approximate surface area is 171 Å². The molecule has 0 saturated heterocycles. The summed E-state index contributed by atoms with van der Waals surface area (Å²) in [5.41, 5.74) is 6.85. The maximum Gasteiger partial charge on any atom is 0.146 e. The summed E-state index contributed by atoms with van der Waals surface area (Å²) in [5.74, 6) is 0.256. The van der Waals surface area contributed by atoms with E-state index in [0.29, 0.717) is 12.1 Å². The van der Waals surface area contributed by atoms with Crippen molar-refractivity contribution in [2.24, 2.45) is 0 Å². The smallest absolute Gasteiger partial charge is 0.146 e. The van der Waals surface area contributed by atoms with E-state index in [1.807, 2.05) is 30.3 Å². The Morgan fingerprint density at radius 2 is 1.62 bits per heavy atom. The van der Waals surface area contributed by atoms with Gasteiger partial charge in [-0.1, -0.05) is 67.8 Å². The lowest BCUT2D eigenvalue weighted by Gasteiger charge is -2.13. The average molecular weight is 386 g/mol. The van der Waals surface area contributed by atoms with E-state index in [9.17, 15) is 5.11 Å². The number of phenolic OH excluding ortho intramolecular Hbond substituents is 1. The summed E-state index contributed by atoms with van der Waals surface area (Å²) >= 11 is 0. The van der Waals surface area contributed by atoms with E-state index in [4.69, 9.17) is 0 Å². The van der Waals surface area contributed by atoms with Crippen LogP contribution < -0.4 is 0 Å². The maximum absolute atomic E-state index is 11.1. The van der Waals surface area contributed by atoms with Crippen LogP contribution in [0.4, 0.5) is 0 Å². The summed E-state index contributed by atoms with van der Waals surface area (Å²) in [7, 11) is 0. The van der Waals surface area contributed by atoms with Crippen LogP contribution in [0, 0.1) is 6.92 Å². The summed E-state index contributed by atoms with van der Waals surface area (Å²) in [6, 6.07) is 20.4. The summed E-state index contributed by atoms with van der Waals surface area (Å²) in [6.45, 7) is 4.31. The fraction of sp³-hybridized carbons (Fsp3) is 0.280. The molecular formula is C25H27N3O. The van der Waals surface area contributed by atoms with E-state index >= 15 is 0 Å². The molecule has 1 heterocycles. The standard InChI is InChI=1S/C25H27N3O/c1-3-4-5-10-20-16-21(15-19-11-8-9-18(2)14-19)25(29)24(17-20)28-26-22-12-6-7-13-23(22)27-28/h6-9,11-14,16-17,29H,3-5,10,15H2,1-2H3. The Bertz CT molecular complexity index is 1100. The minimum atomic E-state index is 0.256. The number of phenols is 1. The Hall–Kier alpha value is -3.14. The van der Waals surface area contributed by atoms with E-state index < -0.39 is 0 Å². The van der Waals surface area contributed by atoms with Crippen molar-refractivity contribution in [3.8, 4) is 11.4 Å². The summed E-state index contributed by atoms with van der Waals surface area (Å²) in [4.78, 5) is 1.57. The number of benzene rings is 3. The lowest BCUT2D eigenvalue weighted by molar-refractivity contribution is 0.461. The van der Waals surface area contributed by atoms with Crippen molar-refractivity contribution in [1.82, 2.24) is 15.0 Å². The highest BCUT2D eigenvalue weighted by Crippen LogP contribution is 2.31. The van der Waals surface area contributed by atoms with Gasteiger partial charge in [-0.3, -0.25) is 0 Å². The lowest BCUT2D eigenvalue weighted by Crippen LogP contribution is -2.03. The van der Waals surface area contributed by atoms with Gasteiger partial charge >= 0.3 is 0 Å². The second-order valence-corrected chi connectivity index (χ2v) is 7.72. The quantitative estimate of drug-likeness (QED) is 0.412. The van der Waals surface area contributed by atoms with Crippen LogP contribution >= 0.6 is 0 Å². The first-order valence-electron chi connectivity index (χ1n) is 10.4. The van der Waals surface area contributed by atoms with E-state index in [0.717, 1.165) is 29.4 Å². The molecule has 0 aliphatic rings. The van der Waals surface area contributed by atoms with Gasteiger partial charge in [0.1, 0.15) is 22.5 Å². The Morgan fingerprint density at radius 1 is 0.862 bits per heavy atom. The van der Waals surface area contributed by atoms with Crippen LogP contribution in [0.15, 0.2) is 60.7 Å². The van der Waals surface area contributed by atoms with Crippen molar-refractivity contribution < 1.29 is 5.11 Å². The van der Waals surface area contributed by atoms with Crippen LogP contribution in [0.2, 0.25) is 0 Å². The Kier molecular flexibility index (Phi) is 5.61. The molecule has 0 aliphatic carbocycles. The molecular weight excluding hydrogens is 358 g/mol. The second-order valence-electron chi connectivity index (χ2n) is 7.72.